The van der Waals surface area contributed by atoms with Crippen molar-refractivity contribution in [2.75, 3.05) is 19.0 Å². The molecule has 1 aliphatic rings. The van der Waals surface area contributed by atoms with Crippen LogP contribution in [0.15, 0.2) is 0 Å². The summed E-state index contributed by atoms with van der Waals surface area (Å²) in [7, 11) is 0. The van der Waals surface area contributed by atoms with E-state index in [4.69, 9.17) is 0 Å². The maximum absolute atomic E-state index is 11.7. The fourth-order valence-corrected chi connectivity index (χ4v) is 1.69. The standard InChI is InChI=1S/C7H11F3N2OS/c1-5-6(13)12(4-11-5)2-3-14-7(8,9)10/h5,11H,2-4H2,1H3. The summed E-state index contributed by atoms with van der Waals surface area (Å²) in [6, 6.07) is -0.272. The molecule has 3 nitrogen and oxygen atoms in total. The molecular weight excluding hydrogens is 217 g/mol. The predicted octanol–water partition coefficient (Wildman–Crippen LogP) is 1.02. The van der Waals surface area contributed by atoms with Gasteiger partial charge in [-0.05, 0) is 18.7 Å². The van der Waals surface area contributed by atoms with Gasteiger partial charge in [-0.15, -0.1) is 0 Å². The van der Waals surface area contributed by atoms with E-state index in [0.717, 1.165) is 0 Å². The van der Waals surface area contributed by atoms with Gasteiger partial charge in [0.25, 0.3) is 0 Å². The Morgan fingerprint density at radius 2 is 2.29 bits per heavy atom. The van der Waals surface area contributed by atoms with Crippen molar-refractivity contribution in [3.63, 3.8) is 0 Å². The largest absolute Gasteiger partial charge is 0.441 e. The first-order valence-electron chi connectivity index (χ1n) is 4.13. The number of nitrogens with one attached hydrogen (secondary N) is 1. The summed E-state index contributed by atoms with van der Waals surface area (Å²) in [6.07, 6.45) is 0. The van der Waals surface area contributed by atoms with Gasteiger partial charge >= 0.3 is 5.51 Å². The number of carbonyl (C=O) groups excluding carboxylic acids is 1. The van der Waals surface area contributed by atoms with E-state index in [0.29, 0.717) is 6.67 Å². The maximum Gasteiger partial charge on any atom is 0.441 e. The number of thioether (sulfide) groups is 1. The van der Waals surface area contributed by atoms with E-state index < -0.39 is 5.51 Å². The first-order chi connectivity index (χ1) is 6.40. The van der Waals surface area contributed by atoms with E-state index in [2.05, 4.69) is 5.32 Å². The topological polar surface area (TPSA) is 32.3 Å². The number of amides is 1. The average Bonchev–Trinajstić information content (AvgIpc) is 2.33. The molecule has 1 aliphatic heterocycles. The fourth-order valence-electron chi connectivity index (χ4n) is 1.15. The first-order valence-corrected chi connectivity index (χ1v) is 5.11. The Morgan fingerprint density at radius 3 is 2.71 bits per heavy atom. The molecule has 1 saturated heterocycles. The monoisotopic (exact) mass is 228 g/mol. The van der Waals surface area contributed by atoms with Crippen LogP contribution in [0.5, 0.6) is 0 Å². The lowest BCUT2D eigenvalue weighted by Gasteiger charge is -2.14. The lowest BCUT2D eigenvalue weighted by molar-refractivity contribution is -0.128. The van der Waals surface area contributed by atoms with Crippen LogP contribution in [0, 0.1) is 0 Å². The second kappa shape index (κ2) is 4.39. The normalized spacial score (nSPS) is 23.3. The zero-order chi connectivity index (χ0) is 10.8. The molecule has 1 atom stereocenters. The molecule has 82 valence electrons. The van der Waals surface area contributed by atoms with Crippen LogP contribution in [-0.4, -0.2) is 41.3 Å². The summed E-state index contributed by atoms with van der Waals surface area (Å²) in [6.45, 7) is 2.18. The summed E-state index contributed by atoms with van der Waals surface area (Å²) in [5.74, 6) is -0.239. The summed E-state index contributed by atoms with van der Waals surface area (Å²) in [4.78, 5) is 12.6. The quantitative estimate of drug-likeness (QED) is 0.782. The Labute approximate surface area is 84.0 Å². The second-order valence-electron chi connectivity index (χ2n) is 2.98. The molecule has 1 unspecified atom stereocenters. The lowest BCUT2D eigenvalue weighted by atomic mass is 10.3. The van der Waals surface area contributed by atoms with Crippen LogP contribution in [-0.2, 0) is 4.79 Å². The summed E-state index contributed by atoms with van der Waals surface area (Å²) in [5, 5.41) is 2.85. The van der Waals surface area contributed by atoms with Crippen molar-refractivity contribution in [3.8, 4) is 0 Å². The highest BCUT2D eigenvalue weighted by molar-refractivity contribution is 8.00. The molecular formula is C7H11F3N2OS. The van der Waals surface area contributed by atoms with E-state index in [1.54, 1.807) is 6.92 Å². The Bertz CT molecular complexity index is 221. The van der Waals surface area contributed by atoms with Gasteiger partial charge in [0.2, 0.25) is 5.91 Å². The van der Waals surface area contributed by atoms with Gasteiger partial charge in [-0.2, -0.15) is 13.2 Å². The number of hydrogen-bond acceptors (Lipinski definition) is 3. The van der Waals surface area contributed by atoms with Crippen LogP contribution < -0.4 is 5.32 Å². The SMILES string of the molecule is CC1NCN(CCSC(F)(F)F)C1=O. The fraction of sp³-hybridized carbons (Fsp3) is 0.857. The van der Waals surface area contributed by atoms with Crippen LogP contribution in [0.2, 0.25) is 0 Å². The Kier molecular flexibility index (Phi) is 3.65. The molecule has 0 radical (unpaired) electrons. The van der Waals surface area contributed by atoms with Crippen LogP contribution >= 0.6 is 11.8 Å². The van der Waals surface area contributed by atoms with Crippen LogP contribution in [0.4, 0.5) is 13.2 Å². The molecule has 0 aromatic rings. The van der Waals surface area contributed by atoms with Gasteiger partial charge in [-0.1, -0.05) is 0 Å². The predicted molar refractivity (Wildman–Crippen MR) is 47.7 cm³/mol. The zero-order valence-electron chi connectivity index (χ0n) is 7.60. The molecule has 1 fully saturated rings. The smallest absolute Gasteiger partial charge is 0.328 e. The molecule has 0 bridgehead atoms. The van der Waals surface area contributed by atoms with Gasteiger partial charge in [0.1, 0.15) is 0 Å². The number of hydrogen-bond donors (Lipinski definition) is 1. The van der Waals surface area contributed by atoms with Gasteiger partial charge in [-0.3, -0.25) is 10.1 Å². The highest BCUT2D eigenvalue weighted by Crippen LogP contribution is 2.29. The van der Waals surface area contributed by atoms with E-state index in [1.807, 2.05) is 0 Å². The van der Waals surface area contributed by atoms with Crippen LogP contribution in [0.1, 0.15) is 6.92 Å². The van der Waals surface area contributed by atoms with Crippen molar-refractivity contribution in [2.45, 2.75) is 18.5 Å². The van der Waals surface area contributed by atoms with Gasteiger partial charge < -0.3 is 4.90 Å². The van der Waals surface area contributed by atoms with Crippen molar-refractivity contribution in [1.29, 1.82) is 0 Å². The van der Waals surface area contributed by atoms with Crippen molar-refractivity contribution in [2.24, 2.45) is 0 Å². The first kappa shape index (κ1) is 11.6. The minimum absolute atomic E-state index is 0.0980. The summed E-state index contributed by atoms with van der Waals surface area (Å²) >= 11 is -0.0980. The molecule has 0 aromatic carbocycles. The molecule has 1 N–H and O–H groups in total. The maximum atomic E-state index is 11.7. The highest BCUT2D eigenvalue weighted by Gasteiger charge is 2.30. The molecule has 0 spiro atoms. The van der Waals surface area contributed by atoms with Crippen molar-refractivity contribution in [3.05, 3.63) is 0 Å². The Hall–Kier alpha value is -0.430. The van der Waals surface area contributed by atoms with Crippen molar-refractivity contribution in [1.82, 2.24) is 10.2 Å². The van der Waals surface area contributed by atoms with Crippen molar-refractivity contribution >= 4 is 17.7 Å². The molecule has 1 rings (SSSR count). The highest BCUT2D eigenvalue weighted by atomic mass is 32.2. The molecule has 0 aromatic heterocycles. The molecule has 1 heterocycles. The third kappa shape index (κ3) is 3.38. The van der Waals surface area contributed by atoms with Crippen LogP contribution in [0.25, 0.3) is 0 Å². The minimum atomic E-state index is -4.21. The molecule has 7 heteroatoms. The second-order valence-corrected chi connectivity index (χ2v) is 4.14. The summed E-state index contributed by atoms with van der Waals surface area (Å²) < 4.78 is 35.2. The van der Waals surface area contributed by atoms with Crippen LogP contribution in [0.3, 0.4) is 0 Å². The van der Waals surface area contributed by atoms with Gasteiger partial charge in [0, 0.05) is 12.3 Å². The average molecular weight is 228 g/mol. The third-order valence-corrected chi connectivity index (χ3v) is 2.61. The Balaban J connectivity index is 2.23. The number of rotatable bonds is 3. The number of carbonyl (C=O) groups is 1. The van der Waals surface area contributed by atoms with Gasteiger partial charge in [0.05, 0.1) is 12.7 Å². The molecule has 0 saturated carbocycles. The van der Waals surface area contributed by atoms with Gasteiger partial charge in [-0.25, -0.2) is 0 Å². The number of alkyl halides is 3. The van der Waals surface area contributed by atoms with Crippen molar-refractivity contribution < 1.29 is 18.0 Å². The molecule has 0 aliphatic carbocycles. The number of nitrogens with zero attached hydrogens (tertiary/aromatic N) is 1. The van der Waals surface area contributed by atoms with Gasteiger partial charge in [0.15, 0.2) is 0 Å². The number of halogens is 3. The van der Waals surface area contributed by atoms with E-state index in [9.17, 15) is 18.0 Å². The molecule has 1 amide bonds. The third-order valence-electron chi connectivity index (χ3n) is 1.90. The minimum Gasteiger partial charge on any atom is -0.328 e. The lowest BCUT2D eigenvalue weighted by Crippen LogP contribution is -2.30. The van der Waals surface area contributed by atoms with E-state index in [-0.39, 0.29) is 36.0 Å². The summed E-state index contributed by atoms with van der Waals surface area (Å²) in [5.41, 5.74) is -4.21. The Morgan fingerprint density at radius 1 is 1.64 bits per heavy atom. The molecule has 14 heavy (non-hydrogen) atoms. The van der Waals surface area contributed by atoms with E-state index in [1.165, 1.54) is 4.90 Å². The van der Waals surface area contributed by atoms with E-state index >= 15 is 0 Å². The zero-order valence-corrected chi connectivity index (χ0v) is 8.41.